The lowest BCUT2D eigenvalue weighted by molar-refractivity contribution is 0.113. The molecule has 20 heavy (non-hydrogen) atoms. The molecule has 3 N–H and O–H groups in total. The average Bonchev–Trinajstić information content (AvgIpc) is 2.41. The van der Waals surface area contributed by atoms with E-state index in [1.807, 2.05) is 0 Å². The molecule has 1 aliphatic rings. The molecular formula is C15H21FN2O2. The topological polar surface area (TPSA) is 61.4 Å². The van der Waals surface area contributed by atoms with Crippen molar-refractivity contribution in [2.45, 2.75) is 38.1 Å². The summed E-state index contributed by atoms with van der Waals surface area (Å²) in [6, 6.07) is 5.33. The van der Waals surface area contributed by atoms with Crippen molar-refractivity contribution in [1.29, 1.82) is 0 Å². The van der Waals surface area contributed by atoms with Crippen molar-refractivity contribution >= 4 is 11.7 Å². The van der Waals surface area contributed by atoms with Crippen molar-refractivity contribution in [3.8, 4) is 0 Å². The molecule has 1 fully saturated rings. The molecule has 0 unspecified atom stereocenters. The monoisotopic (exact) mass is 280 g/mol. The number of carbonyl (C=O) groups is 1. The molecule has 1 aliphatic carbocycles. The predicted molar refractivity (Wildman–Crippen MR) is 76.0 cm³/mol. The molecule has 0 atom stereocenters. The first-order valence-corrected chi connectivity index (χ1v) is 6.99. The van der Waals surface area contributed by atoms with E-state index in [-0.39, 0.29) is 6.61 Å². The number of amides is 2. The van der Waals surface area contributed by atoms with Crippen molar-refractivity contribution in [1.82, 2.24) is 5.32 Å². The minimum atomic E-state index is -0.552. The van der Waals surface area contributed by atoms with Gasteiger partial charge in [0.05, 0.1) is 12.1 Å². The standard InChI is InChI=1S/C15H21FN2O2/c1-11-5-7-15(10-19,8-6-11)18-14(20)17-13-4-2-3-12(16)9-13/h2-4,9,11,19H,5-8,10H2,1H3,(H2,17,18,20). The van der Waals surface area contributed by atoms with Gasteiger partial charge in [-0.2, -0.15) is 0 Å². The third-order valence-electron chi connectivity index (χ3n) is 4.00. The van der Waals surface area contributed by atoms with Gasteiger partial charge in [0.1, 0.15) is 5.82 Å². The number of nitrogens with one attached hydrogen (secondary N) is 2. The Hall–Kier alpha value is -1.62. The van der Waals surface area contributed by atoms with Gasteiger partial charge in [-0.25, -0.2) is 9.18 Å². The quantitative estimate of drug-likeness (QED) is 0.797. The SMILES string of the molecule is CC1CCC(CO)(NC(=O)Nc2cccc(F)c2)CC1. The first kappa shape index (κ1) is 14.8. The van der Waals surface area contributed by atoms with Crippen LogP contribution in [0.25, 0.3) is 0 Å². The summed E-state index contributed by atoms with van der Waals surface area (Å²) in [5.41, 5.74) is -0.149. The zero-order valence-electron chi connectivity index (χ0n) is 11.7. The fraction of sp³-hybridized carbons (Fsp3) is 0.533. The summed E-state index contributed by atoms with van der Waals surface area (Å²) in [6.07, 6.45) is 3.50. The lowest BCUT2D eigenvalue weighted by atomic mass is 9.77. The second kappa shape index (κ2) is 6.22. The summed E-state index contributed by atoms with van der Waals surface area (Å²) in [7, 11) is 0. The molecule has 4 nitrogen and oxygen atoms in total. The van der Waals surface area contributed by atoms with Gasteiger partial charge in [0.2, 0.25) is 0 Å². The highest BCUT2D eigenvalue weighted by atomic mass is 19.1. The second-order valence-electron chi connectivity index (χ2n) is 5.71. The maximum atomic E-state index is 13.0. The van der Waals surface area contributed by atoms with Crippen LogP contribution >= 0.6 is 0 Å². The van der Waals surface area contributed by atoms with Crippen molar-refractivity contribution in [2.75, 3.05) is 11.9 Å². The fourth-order valence-corrected chi connectivity index (χ4v) is 2.61. The van der Waals surface area contributed by atoms with E-state index in [2.05, 4.69) is 17.6 Å². The van der Waals surface area contributed by atoms with E-state index in [0.717, 1.165) is 25.7 Å². The Kier molecular flexibility index (Phi) is 4.60. The fourth-order valence-electron chi connectivity index (χ4n) is 2.61. The third-order valence-corrected chi connectivity index (χ3v) is 4.00. The van der Waals surface area contributed by atoms with Gasteiger partial charge in [0.25, 0.3) is 0 Å². The number of halogens is 1. The molecule has 0 saturated heterocycles. The van der Waals surface area contributed by atoms with Crippen molar-refractivity contribution in [3.63, 3.8) is 0 Å². The summed E-state index contributed by atoms with van der Waals surface area (Å²) in [5, 5.41) is 15.0. The van der Waals surface area contributed by atoms with Gasteiger partial charge in [0.15, 0.2) is 0 Å². The number of aliphatic hydroxyl groups is 1. The van der Waals surface area contributed by atoms with Gasteiger partial charge in [-0.3, -0.25) is 0 Å². The van der Waals surface area contributed by atoms with Gasteiger partial charge in [0, 0.05) is 5.69 Å². The summed E-state index contributed by atoms with van der Waals surface area (Å²) in [5.74, 6) is 0.230. The van der Waals surface area contributed by atoms with Crippen molar-refractivity contribution in [2.24, 2.45) is 5.92 Å². The number of anilines is 1. The van der Waals surface area contributed by atoms with Gasteiger partial charge in [-0.1, -0.05) is 13.0 Å². The minimum Gasteiger partial charge on any atom is -0.394 e. The second-order valence-corrected chi connectivity index (χ2v) is 5.71. The summed E-state index contributed by atoms with van der Waals surface area (Å²) >= 11 is 0. The van der Waals surface area contributed by atoms with E-state index < -0.39 is 17.4 Å². The number of aliphatic hydroxyl groups excluding tert-OH is 1. The van der Waals surface area contributed by atoms with Crippen LogP contribution in [0.2, 0.25) is 0 Å². The predicted octanol–water partition coefficient (Wildman–Crippen LogP) is 2.89. The van der Waals surface area contributed by atoms with Crippen LogP contribution in [-0.2, 0) is 0 Å². The molecule has 2 amide bonds. The van der Waals surface area contributed by atoms with Gasteiger partial charge >= 0.3 is 6.03 Å². The first-order chi connectivity index (χ1) is 9.53. The lowest BCUT2D eigenvalue weighted by Crippen LogP contribution is -2.54. The third kappa shape index (κ3) is 3.70. The van der Waals surface area contributed by atoms with Gasteiger partial charge in [-0.05, 0) is 49.8 Å². The smallest absolute Gasteiger partial charge is 0.319 e. The molecule has 0 bridgehead atoms. The van der Waals surface area contributed by atoms with E-state index in [0.29, 0.717) is 11.6 Å². The Bertz CT molecular complexity index is 471. The van der Waals surface area contributed by atoms with Gasteiger partial charge < -0.3 is 15.7 Å². The molecule has 2 rings (SSSR count). The number of benzene rings is 1. The first-order valence-electron chi connectivity index (χ1n) is 6.99. The molecule has 0 spiro atoms. The Morgan fingerprint density at radius 3 is 2.75 bits per heavy atom. The molecule has 110 valence electrons. The van der Waals surface area contributed by atoms with Crippen LogP contribution in [0, 0.1) is 11.7 Å². The normalized spacial score (nSPS) is 26.1. The molecular weight excluding hydrogens is 259 g/mol. The highest BCUT2D eigenvalue weighted by Gasteiger charge is 2.35. The Morgan fingerprint density at radius 1 is 1.45 bits per heavy atom. The van der Waals surface area contributed by atoms with Gasteiger partial charge in [-0.15, -0.1) is 0 Å². The highest BCUT2D eigenvalue weighted by molar-refractivity contribution is 5.89. The van der Waals surface area contributed by atoms with Crippen LogP contribution in [0.4, 0.5) is 14.9 Å². The van der Waals surface area contributed by atoms with Crippen molar-refractivity contribution < 1.29 is 14.3 Å². The Balaban J connectivity index is 1.96. The van der Waals surface area contributed by atoms with Crippen LogP contribution in [0.5, 0.6) is 0 Å². The lowest BCUT2D eigenvalue weighted by Gasteiger charge is -2.38. The number of hydrogen-bond acceptors (Lipinski definition) is 2. The molecule has 0 aliphatic heterocycles. The van der Waals surface area contributed by atoms with Crippen LogP contribution < -0.4 is 10.6 Å². The maximum absolute atomic E-state index is 13.0. The molecule has 1 aromatic rings. The largest absolute Gasteiger partial charge is 0.394 e. The van der Waals surface area contributed by atoms with E-state index in [4.69, 9.17) is 0 Å². The molecule has 1 saturated carbocycles. The average molecular weight is 280 g/mol. The maximum Gasteiger partial charge on any atom is 0.319 e. The van der Waals surface area contributed by atoms with Crippen molar-refractivity contribution in [3.05, 3.63) is 30.1 Å². The molecule has 5 heteroatoms. The Morgan fingerprint density at radius 2 is 2.15 bits per heavy atom. The van der Waals surface area contributed by atoms with Crippen LogP contribution in [0.15, 0.2) is 24.3 Å². The number of carbonyl (C=O) groups excluding carboxylic acids is 1. The summed E-state index contributed by atoms with van der Waals surface area (Å²) in [6.45, 7) is 2.10. The van der Waals surface area contributed by atoms with E-state index in [1.54, 1.807) is 6.07 Å². The zero-order valence-corrected chi connectivity index (χ0v) is 11.7. The van der Waals surface area contributed by atoms with E-state index in [9.17, 15) is 14.3 Å². The zero-order chi connectivity index (χ0) is 14.6. The Labute approximate surface area is 118 Å². The highest BCUT2D eigenvalue weighted by Crippen LogP contribution is 2.31. The summed E-state index contributed by atoms with van der Waals surface area (Å²) < 4.78 is 13.0. The van der Waals surface area contributed by atoms with Crippen LogP contribution in [0.1, 0.15) is 32.6 Å². The van der Waals surface area contributed by atoms with Crippen LogP contribution in [0.3, 0.4) is 0 Å². The number of rotatable bonds is 3. The summed E-state index contributed by atoms with van der Waals surface area (Å²) in [4.78, 5) is 12.0. The molecule has 0 radical (unpaired) electrons. The van der Waals surface area contributed by atoms with E-state index in [1.165, 1.54) is 18.2 Å². The van der Waals surface area contributed by atoms with E-state index >= 15 is 0 Å². The number of hydrogen-bond donors (Lipinski definition) is 3. The minimum absolute atomic E-state index is 0.0731. The number of urea groups is 1. The molecule has 0 heterocycles. The molecule has 0 aromatic heterocycles. The van der Waals surface area contributed by atoms with Crippen LogP contribution in [-0.4, -0.2) is 23.3 Å². The molecule has 1 aromatic carbocycles.